The number of hydrogen-bond acceptors (Lipinski definition) is 5. The molecule has 1 aliphatic heterocycles. The van der Waals surface area contributed by atoms with Crippen LogP contribution in [0.1, 0.15) is 38.1 Å². The summed E-state index contributed by atoms with van der Waals surface area (Å²) < 4.78 is 16.3. The van der Waals surface area contributed by atoms with Gasteiger partial charge in [0.25, 0.3) is 0 Å². The van der Waals surface area contributed by atoms with Gasteiger partial charge in [-0.05, 0) is 18.1 Å². The van der Waals surface area contributed by atoms with Gasteiger partial charge in [-0.15, -0.1) is 0 Å². The van der Waals surface area contributed by atoms with Crippen molar-refractivity contribution in [1.82, 2.24) is 0 Å². The first-order chi connectivity index (χ1) is 10.3. The smallest absolute Gasteiger partial charge is 0.338 e. The van der Waals surface area contributed by atoms with Gasteiger partial charge in [-0.2, -0.15) is 0 Å². The minimum Gasteiger partial charge on any atom is -0.459 e. The van der Waals surface area contributed by atoms with Crippen LogP contribution in [0.2, 0.25) is 0 Å². The van der Waals surface area contributed by atoms with E-state index in [1.54, 1.807) is 24.3 Å². The molecule has 1 saturated heterocycles. The summed E-state index contributed by atoms with van der Waals surface area (Å²) >= 11 is 0. The fraction of sp³-hybridized carbons (Fsp3) is 0.529. The van der Waals surface area contributed by atoms with Crippen molar-refractivity contribution >= 4 is 11.9 Å². The molecule has 0 bridgehead atoms. The normalized spacial score (nSPS) is 26.5. The molecule has 0 aromatic heterocycles. The van der Waals surface area contributed by atoms with Gasteiger partial charge in [-0.3, -0.25) is 4.79 Å². The van der Waals surface area contributed by atoms with E-state index >= 15 is 0 Å². The van der Waals surface area contributed by atoms with E-state index in [0.717, 1.165) is 0 Å². The highest BCUT2D eigenvalue weighted by molar-refractivity contribution is 5.89. The highest BCUT2D eigenvalue weighted by atomic mass is 16.7. The number of esters is 2. The summed E-state index contributed by atoms with van der Waals surface area (Å²) in [6.07, 6.45) is -0.924. The molecule has 5 heteroatoms. The Kier molecular flexibility index (Phi) is 4.86. The molecule has 120 valence electrons. The molecule has 1 aliphatic rings. The Balaban J connectivity index is 1.96. The van der Waals surface area contributed by atoms with Gasteiger partial charge in [0, 0.05) is 12.3 Å². The fourth-order valence-corrected chi connectivity index (χ4v) is 2.48. The molecular weight excluding hydrogens is 284 g/mol. The highest BCUT2D eigenvalue weighted by Crippen LogP contribution is 2.43. The van der Waals surface area contributed by atoms with E-state index in [9.17, 15) is 9.59 Å². The van der Waals surface area contributed by atoms with Gasteiger partial charge in [-0.1, -0.05) is 39.0 Å². The maximum absolute atomic E-state index is 12.0. The monoisotopic (exact) mass is 306 g/mol. The number of carbonyl (C=O) groups excluding carboxylic acids is 2. The van der Waals surface area contributed by atoms with Crippen molar-refractivity contribution in [3.8, 4) is 0 Å². The van der Waals surface area contributed by atoms with Crippen LogP contribution in [-0.4, -0.2) is 30.9 Å². The number of rotatable bonds is 4. The minimum atomic E-state index is -0.625. The molecule has 1 heterocycles. The van der Waals surface area contributed by atoms with Crippen molar-refractivity contribution in [3.05, 3.63) is 35.9 Å². The lowest BCUT2D eigenvalue weighted by molar-refractivity contribution is -0.189. The highest BCUT2D eigenvalue weighted by Gasteiger charge is 2.50. The minimum absolute atomic E-state index is 0.0837. The van der Waals surface area contributed by atoms with Gasteiger partial charge in [0.05, 0.1) is 11.7 Å². The van der Waals surface area contributed by atoms with Gasteiger partial charge in [-0.25, -0.2) is 4.79 Å². The quantitative estimate of drug-likeness (QED) is 0.800. The first kappa shape index (κ1) is 16.5. The zero-order valence-corrected chi connectivity index (χ0v) is 13.4. The molecule has 0 saturated carbocycles. The molecule has 22 heavy (non-hydrogen) atoms. The van der Waals surface area contributed by atoms with E-state index < -0.39 is 6.29 Å². The van der Waals surface area contributed by atoms with E-state index in [-0.39, 0.29) is 36.0 Å². The fourth-order valence-electron chi connectivity index (χ4n) is 2.48. The van der Waals surface area contributed by atoms with Gasteiger partial charge >= 0.3 is 11.9 Å². The molecule has 1 fully saturated rings. The molecule has 0 N–H and O–H groups in total. The van der Waals surface area contributed by atoms with Crippen molar-refractivity contribution < 1.29 is 23.8 Å². The zero-order chi connectivity index (χ0) is 16.3. The lowest BCUT2D eigenvalue weighted by atomic mass is 9.79. The Morgan fingerprint density at radius 1 is 1.23 bits per heavy atom. The summed E-state index contributed by atoms with van der Waals surface area (Å²) in [7, 11) is 0. The van der Waals surface area contributed by atoms with Crippen LogP contribution < -0.4 is 0 Å². The summed E-state index contributed by atoms with van der Waals surface area (Å²) in [5.41, 5.74) is 0.166. The molecule has 2 rings (SSSR count). The molecular formula is C17H22O5. The third-order valence-electron chi connectivity index (χ3n) is 4.30. The van der Waals surface area contributed by atoms with Crippen LogP contribution in [0.4, 0.5) is 0 Å². The predicted molar refractivity (Wildman–Crippen MR) is 80.1 cm³/mol. The van der Waals surface area contributed by atoms with Crippen molar-refractivity contribution in [1.29, 1.82) is 0 Å². The van der Waals surface area contributed by atoms with Crippen LogP contribution in [0.3, 0.4) is 0 Å². The third-order valence-corrected chi connectivity index (χ3v) is 4.30. The molecule has 1 aromatic carbocycles. The van der Waals surface area contributed by atoms with E-state index in [1.807, 2.05) is 26.8 Å². The Morgan fingerprint density at radius 3 is 2.45 bits per heavy atom. The molecule has 0 amide bonds. The molecule has 0 spiro atoms. The van der Waals surface area contributed by atoms with Crippen LogP contribution in [0.25, 0.3) is 0 Å². The Labute approximate surface area is 130 Å². The average molecular weight is 306 g/mol. The van der Waals surface area contributed by atoms with Crippen molar-refractivity contribution in [2.45, 2.75) is 40.1 Å². The molecule has 0 aliphatic carbocycles. The maximum Gasteiger partial charge on any atom is 0.338 e. The van der Waals surface area contributed by atoms with Crippen molar-refractivity contribution in [3.63, 3.8) is 0 Å². The maximum atomic E-state index is 12.0. The second-order valence-corrected chi connectivity index (χ2v) is 6.19. The second kappa shape index (κ2) is 6.48. The summed E-state index contributed by atoms with van der Waals surface area (Å²) in [5, 5.41) is 0. The number of ether oxygens (including phenoxy) is 3. The van der Waals surface area contributed by atoms with Crippen LogP contribution in [0, 0.1) is 11.3 Å². The SMILES string of the molecule is CC(=O)OC1O[C@H](COC(=O)c2ccccc2)[C@@H](C)C1(C)C. The number of carbonyl (C=O) groups is 2. The topological polar surface area (TPSA) is 61.8 Å². The molecule has 1 aromatic rings. The largest absolute Gasteiger partial charge is 0.459 e. The first-order valence-corrected chi connectivity index (χ1v) is 7.37. The van der Waals surface area contributed by atoms with Gasteiger partial charge in [0.15, 0.2) is 0 Å². The molecule has 0 radical (unpaired) electrons. The number of hydrogen-bond donors (Lipinski definition) is 0. The van der Waals surface area contributed by atoms with E-state index in [0.29, 0.717) is 5.56 Å². The Bertz CT molecular complexity index is 537. The average Bonchev–Trinajstić information content (AvgIpc) is 2.69. The summed E-state index contributed by atoms with van der Waals surface area (Å²) in [4.78, 5) is 23.1. The van der Waals surface area contributed by atoms with E-state index in [4.69, 9.17) is 14.2 Å². The molecule has 3 atom stereocenters. The van der Waals surface area contributed by atoms with Crippen LogP contribution in [0.15, 0.2) is 30.3 Å². The Hall–Kier alpha value is -1.88. The lowest BCUT2D eigenvalue weighted by Gasteiger charge is -2.27. The standard InChI is InChI=1S/C17H22O5/c1-11-14(22-16(17(11,3)4)21-12(2)18)10-20-15(19)13-8-6-5-7-9-13/h5-9,11,14,16H,10H2,1-4H3/t11-,14-,16?/m1/s1. The summed E-state index contributed by atoms with van der Waals surface area (Å²) in [6.45, 7) is 7.45. The third kappa shape index (κ3) is 3.47. The van der Waals surface area contributed by atoms with E-state index in [1.165, 1.54) is 6.92 Å². The van der Waals surface area contributed by atoms with Crippen molar-refractivity contribution in [2.75, 3.05) is 6.61 Å². The van der Waals surface area contributed by atoms with Gasteiger partial charge in [0.1, 0.15) is 6.61 Å². The summed E-state index contributed by atoms with van der Waals surface area (Å²) in [5.74, 6) is -0.683. The number of benzene rings is 1. The van der Waals surface area contributed by atoms with Gasteiger partial charge in [0.2, 0.25) is 6.29 Å². The van der Waals surface area contributed by atoms with Crippen molar-refractivity contribution in [2.24, 2.45) is 11.3 Å². The molecule has 1 unspecified atom stereocenters. The lowest BCUT2D eigenvalue weighted by Crippen LogP contribution is -2.33. The zero-order valence-electron chi connectivity index (χ0n) is 13.4. The van der Waals surface area contributed by atoms with Crippen LogP contribution in [0.5, 0.6) is 0 Å². The molecule has 5 nitrogen and oxygen atoms in total. The van der Waals surface area contributed by atoms with Gasteiger partial charge < -0.3 is 14.2 Å². The second-order valence-electron chi connectivity index (χ2n) is 6.19. The first-order valence-electron chi connectivity index (χ1n) is 7.37. The Morgan fingerprint density at radius 2 is 1.86 bits per heavy atom. The van der Waals surface area contributed by atoms with E-state index in [2.05, 4.69) is 0 Å². The predicted octanol–water partition coefficient (Wildman–Crippen LogP) is 2.79. The summed E-state index contributed by atoms with van der Waals surface area (Å²) in [6, 6.07) is 8.81. The van der Waals surface area contributed by atoms with Crippen LogP contribution in [-0.2, 0) is 19.0 Å². The van der Waals surface area contributed by atoms with Crippen LogP contribution >= 0.6 is 0 Å².